The van der Waals surface area contributed by atoms with E-state index in [0.29, 0.717) is 17.2 Å². The largest absolute Gasteiger partial charge is 0.439 e. The highest BCUT2D eigenvalue weighted by atomic mass is 35.5. The molecule has 0 amide bonds. The quantitative estimate of drug-likeness (QED) is 0.753. The molecule has 1 aromatic carbocycles. The summed E-state index contributed by atoms with van der Waals surface area (Å²) in [6, 6.07) is 5.83. The Labute approximate surface area is 96.9 Å². The van der Waals surface area contributed by atoms with Crippen LogP contribution in [-0.4, -0.2) is 9.97 Å². The summed E-state index contributed by atoms with van der Waals surface area (Å²) < 4.78 is 18.3. The van der Waals surface area contributed by atoms with Crippen LogP contribution in [-0.2, 0) is 0 Å². The fourth-order valence-corrected chi connectivity index (χ4v) is 1.36. The molecule has 0 spiro atoms. The van der Waals surface area contributed by atoms with Crippen LogP contribution in [0.25, 0.3) is 0 Å². The fourth-order valence-electron chi connectivity index (χ4n) is 1.22. The van der Waals surface area contributed by atoms with E-state index in [-0.39, 0.29) is 11.1 Å². The van der Waals surface area contributed by atoms with Crippen molar-refractivity contribution in [2.75, 3.05) is 0 Å². The third-order valence-corrected chi connectivity index (χ3v) is 2.13. The Morgan fingerprint density at radius 2 is 2.12 bits per heavy atom. The van der Waals surface area contributed by atoms with E-state index in [1.807, 2.05) is 0 Å². The molecule has 0 atom stereocenters. The predicted molar refractivity (Wildman–Crippen MR) is 58.3 cm³/mol. The second-order valence-electron chi connectivity index (χ2n) is 3.18. The lowest BCUT2D eigenvalue weighted by Gasteiger charge is -2.07. The second-order valence-corrected chi connectivity index (χ2v) is 3.51. The van der Waals surface area contributed by atoms with E-state index in [2.05, 4.69) is 9.97 Å². The van der Waals surface area contributed by atoms with Crippen LogP contribution in [0.15, 0.2) is 30.5 Å². The zero-order chi connectivity index (χ0) is 11.5. The molecule has 3 nitrogen and oxygen atoms in total. The van der Waals surface area contributed by atoms with Crippen LogP contribution in [0.3, 0.4) is 0 Å². The van der Waals surface area contributed by atoms with Crippen LogP contribution in [0.2, 0.25) is 5.28 Å². The van der Waals surface area contributed by atoms with Crippen LogP contribution in [0.5, 0.6) is 11.6 Å². The van der Waals surface area contributed by atoms with Gasteiger partial charge in [0.2, 0.25) is 11.2 Å². The van der Waals surface area contributed by atoms with Crippen LogP contribution in [0.4, 0.5) is 4.39 Å². The number of ether oxygens (including phenoxy) is 1. The number of rotatable bonds is 2. The molecule has 2 aromatic rings. The summed E-state index contributed by atoms with van der Waals surface area (Å²) >= 11 is 5.61. The predicted octanol–water partition coefficient (Wildman–Crippen LogP) is 3.37. The second kappa shape index (κ2) is 4.45. The maximum Gasteiger partial charge on any atom is 0.225 e. The number of aromatic nitrogens is 2. The molecule has 0 saturated carbocycles. The Morgan fingerprint density at radius 1 is 1.31 bits per heavy atom. The van der Waals surface area contributed by atoms with Crippen LogP contribution < -0.4 is 4.74 Å². The van der Waals surface area contributed by atoms with Gasteiger partial charge in [-0.15, -0.1) is 0 Å². The zero-order valence-corrected chi connectivity index (χ0v) is 9.20. The van der Waals surface area contributed by atoms with E-state index in [9.17, 15) is 4.39 Å². The number of halogens is 2. The van der Waals surface area contributed by atoms with Crippen LogP contribution >= 0.6 is 11.6 Å². The molecular formula is C11H8ClFN2O. The number of benzene rings is 1. The summed E-state index contributed by atoms with van der Waals surface area (Å²) in [5.41, 5.74) is 0.690. The number of hydrogen-bond acceptors (Lipinski definition) is 3. The first-order chi connectivity index (χ1) is 7.65. The van der Waals surface area contributed by atoms with Gasteiger partial charge in [0.15, 0.2) is 0 Å². The van der Waals surface area contributed by atoms with E-state index < -0.39 is 0 Å². The molecule has 2 rings (SSSR count). The lowest BCUT2D eigenvalue weighted by molar-refractivity contribution is 0.456. The molecule has 1 aromatic heterocycles. The Kier molecular flexibility index (Phi) is 3.01. The number of hydrogen-bond donors (Lipinski definition) is 0. The van der Waals surface area contributed by atoms with E-state index in [0.717, 1.165) is 0 Å². The Hall–Kier alpha value is -1.68. The zero-order valence-electron chi connectivity index (χ0n) is 8.45. The smallest absolute Gasteiger partial charge is 0.225 e. The molecule has 1 heterocycles. The van der Waals surface area contributed by atoms with Crippen molar-refractivity contribution in [2.24, 2.45) is 0 Å². The first-order valence-electron chi connectivity index (χ1n) is 4.58. The molecule has 0 aliphatic rings. The maximum atomic E-state index is 12.8. The van der Waals surface area contributed by atoms with Crippen molar-refractivity contribution in [2.45, 2.75) is 6.92 Å². The first-order valence-corrected chi connectivity index (χ1v) is 4.95. The molecule has 0 unspecified atom stereocenters. The van der Waals surface area contributed by atoms with Crippen LogP contribution in [0.1, 0.15) is 5.56 Å². The molecular weight excluding hydrogens is 231 g/mol. The minimum absolute atomic E-state index is 0.109. The van der Waals surface area contributed by atoms with E-state index in [1.165, 1.54) is 18.3 Å². The van der Waals surface area contributed by atoms with Gasteiger partial charge in [0, 0.05) is 12.3 Å². The molecule has 0 N–H and O–H groups in total. The Balaban J connectivity index is 2.27. The molecule has 0 aliphatic carbocycles. The van der Waals surface area contributed by atoms with Crippen LogP contribution in [0, 0.1) is 12.7 Å². The third-order valence-electron chi connectivity index (χ3n) is 1.95. The molecule has 82 valence electrons. The summed E-state index contributed by atoms with van der Waals surface area (Å²) in [7, 11) is 0. The molecule has 0 saturated heterocycles. The van der Waals surface area contributed by atoms with E-state index >= 15 is 0 Å². The molecule has 5 heteroatoms. The molecule has 0 bridgehead atoms. The highest BCUT2D eigenvalue weighted by Gasteiger charge is 2.04. The summed E-state index contributed by atoms with van der Waals surface area (Å²) in [5.74, 6) is 0.566. The number of aryl methyl sites for hydroxylation is 1. The molecule has 0 aliphatic heterocycles. The van der Waals surface area contributed by atoms with Gasteiger partial charge in [-0.05, 0) is 42.3 Å². The standard InChI is InChI=1S/C11H8ClFN2O/c1-7-6-8(13)2-3-9(7)16-10-4-5-14-11(12)15-10/h2-6H,1H3. The SMILES string of the molecule is Cc1cc(F)ccc1Oc1ccnc(Cl)n1. The average Bonchev–Trinajstić information content (AvgIpc) is 2.22. The van der Waals surface area contributed by atoms with Gasteiger partial charge in [0.05, 0.1) is 0 Å². The van der Waals surface area contributed by atoms with Gasteiger partial charge in [-0.25, -0.2) is 9.37 Å². The first kappa shape index (κ1) is 10.8. The number of nitrogens with zero attached hydrogens (tertiary/aromatic N) is 2. The van der Waals surface area contributed by atoms with E-state index in [1.54, 1.807) is 19.1 Å². The lowest BCUT2D eigenvalue weighted by Crippen LogP contribution is -1.92. The van der Waals surface area contributed by atoms with E-state index in [4.69, 9.17) is 16.3 Å². The Morgan fingerprint density at radius 3 is 2.81 bits per heavy atom. The fraction of sp³-hybridized carbons (Fsp3) is 0.0909. The molecule has 0 radical (unpaired) electrons. The van der Waals surface area contributed by atoms with Crippen molar-refractivity contribution in [1.82, 2.24) is 9.97 Å². The van der Waals surface area contributed by atoms with Gasteiger partial charge in [0.25, 0.3) is 0 Å². The van der Waals surface area contributed by atoms with Crippen molar-refractivity contribution in [3.63, 3.8) is 0 Å². The summed E-state index contributed by atoms with van der Waals surface area (Å²) in [4.78, 5) is 7.60. The highest BCUT2D eigenvalue weighted by Crippen LogP contribution is 2.24. The normalized spacial score (nSPS) is 10.2. The topological polar surface area (TPSA) is 35.0 Å². The van der Waals surface area contributed by atoms with Gasteiger partial charge in [0.1, 0.15) is 11.6 Å². The lowest BCUT2D eigenvalue weighted by atomic mass is 10.2. The summed E-state index contributed by atoms with van der Waals surface area (Å²) in [6.45, 7) is 1.75. The minimum atomic E-state index is -0.300. The van der Waals surface area contributed by atoms with Gasteiger partial charge < -0.3 is 4.74 Å². The Bertz CT molecular complexity index is 519. The van der Waals surface area contributed by atoms with Gasteiger partial charge >= 0.3 is 0 Å². The van der Waals surface area contributed by atoms with Crippen molar-refractivity contribution >= 4 is 11.6 Å². The van der Waals surface area contributed by atoms with Gasteiger partial charge in [-0.2, -0.15) is 4.98 Å². The van der Waals surface area contributed by atoms with Crippen molar-refractivity contribution in [3.8, 4) is 11.6 Å². The average molecular weight is 239 g/mol. The van der Waals surface area contributed by atoms with Crippen molar-refractivity contribution in [3.05, 3.63) is 47.1 Å². The van der Waals surface area contributed by atoms with Crippen molar-refractivity contribution in [1.29, 1.82) is 0 Å². The maximum absolute atomic E-state index is 12.8. The summed E-state index contributed by atoms with van der Waals surface area (Å²) in [5, 5.41) is 0.109. The summed E-state index contributed by atoms with van der Waals surface area (Å²) in [6.07, 6.45) is 1.49. The highest BCUT2D eigenvalue weighted by molar-refractivity contribution is 6.28. The van der Waals surface area contributed by atoms with Gasteiger partial charge in [-0.3, -0.25) is 0 Å². The monoisotopic (exact) mass is 238 g/mol. The van der Waals surface area contributed by atoms with Gasteiger partial charge in [-0.1, -0.05) is 0 Å². The molecule has 16 heavy (non-hydrogen) atoms. The minimum Gasteiger partial charge on any atom is -0.439 e. The third kappa shape index (κ3) is 2.46. The van der Waals surface area contributed by atoms with Crippen molar-refractivity contribution < 1.29 is 9.13 Å². The molecule has 0 fully saturated rings.